The Kier molecular flexibility index (Phi) is 5.02. The highest BCUT2D eigenvalue weighted by molar-refractivity contribution is 9.10. The first-order valence-corrected chi connectivity index (χ1v) is 7.88. The van der Waals surface area contributed by atoms with Crippen LogP contribution in [0, 0.1) is 17.1 Å². The van der Waals surface area contributed by atoms with Crippen molar-refractivity contribution in [3.63, 3.8) is 0 Å². The molecule has 0 saturated heterocycles. The minimum absolute atomic E-state index is 0.0881. The van der Waals surface area contributed by atoms with Crippen molar-refractivity contribution in [1.82, 2.24) is 0 Å². The van der Waals surface area contributed by atoms with Crippen molar-refractivity contribution < 1.29 is 9.13 Å². The van der Waals surface area contributed by atoms with Crippen LogP contribution in [0.5, 0.6) is 11.5 Å². The van der Waals surface area contributed by atoms with Crippen LogP contribution >= 0.6 is 31.9 Å². The highest BCUT2D eigenvalue weighted by atomic mass is 79.9. The summed E-state index contributed by atoms with van der Waals surface area (Å²) in [5.74, 6) is 0.350. The van der Waals surface area contributed by atoms with Gasteiger partial charge in [0.05, 0.1) is 10.0 Å². The van der Waals surface area contributed by atoms with Gasteiger partial charge in [0.25, 0.3) is 0 Å². The quantitative estimate of drug-likeness (QED) is 0.606. The Balaban J connectivity index is 2.44. The molecule has 108 valence electrons. The Hall–Kier alpha value is -1.38. The van der Waals surface area contributed by atoms with E-state index in [0.717, 1.165) is 10.0 Å². The molecule has 0 aromatic heterocycles. The monoisotopic (exact) mass is 411 g/mol. The fourth-order valence-electron chi connectivity index (χ4n) is 1.88. The maximum atomic E-state index is 14.2. The van der Waals surface area contributed by atoms with Gasteiger partial charge in [-0.05, 0) is 57.7 Å². The molecule has 0 fully saturated rings. The normalized spacial score (nSPS) is 10.5. The number of benzene rings is 2. The van der Waals surface area contributed by atoms with Gasteiger partial charge in [0.15, 0.2) is 11.6 Å². The molecular weight excluding hydrogens is 401 g/mol. The van der Waals surface area contributed by atoms with Crippen molar-refractivity contribution in [2.24, 2.45) is 0 Å². The molecule has 2 nitrogen and oxygen atoms in total. The summed E-state index contributed by atoms with van der Waals surface area (Å²) in [6.45, 7) is 4.08. The summed E-state index contributed by atoms with van der Waals surface area (Å²) >= 11 is 6.50. The van der Waals surface area contributed by atoms with Gasteiger partial charge in [-0.25, -0.2) is 4.39 Å². The number of nitriles is 1. The smallest absolute Gasteiger partial charge is 0.181 e. The van der Waals surface area contributed by atoms with Crippen LogP contribution in [0.25, 0.3) is 0 Å². The lowest BCUT2D eigenvalue weighted by Crippen LogP contribution is -1.97. The van der Waals surface area contributed by atoms with Crippen molar-refractivity contribution in [3.8, 4) is 17.6 Å². The van der Waals surface area contributed by atoms with Crippen LogP contribution < -0.4 is 4.74 Å². The van der Waals surface area contributed by atoms with Crippen LogP contribution in [0.15, 0.2) is 39.3 Å². The Morgan fingerprint density at radius 2 is 1.81 bits per heavy atom. The average molecular weight is 413 g/mol. The molecule has 2 aromatic carbocycles. The molecule has 2 aromatic rings. The van der Waals surface area contributed by atoms with Crippen LogP contribution in [0.2, 0.25) is 0 Å². The van der Waals surface area contributed by atoms with E-state index in [9.17, 15) is 4.39 Å². The van der Waals surface area contributed by atoms with Gasteiger partial charge in [-0.2, -0.15) is 5.26 Å². The van der Waals surface area contributed by atoms with Gasteiger partial charge < -0.3 is 4.74 Å². The number of rotatable bonds is 3. The van der Waals surface area contributed by atoms with Crippen LogP contribution in [0.3, 0.4) is 0 Å². The van der Waals surface area contributed by atoms with Gasteiger partial charge in [0, 0.05) is 4.47 Å². The molecular formula is C16H12Br2FNO. The summed E-state index contributed by atoms with van der Waals surface area (Å²) in [6.07, 6.45) is 0. The van der Waals surface area contributed by atoms with E-state index in [1.807, 2.05) is 32.0 Å². The van der Waals surface area contributed by atoms with Gasteiger partial charge in [-0.1, -0.05) is 29.8 Å². The number of hydrogen-bond acceptors (Lipinski definition) is 2. The molecule has 0 aliphatic heterocycles. The van der Waals surface area contributed by atoms with Crippen molar-refractivity contribution in [2.75, 3.05) is 0 Å². The van der Waals surface area contributed by atoms with Crippen molar-refractivity contribution >= 4 is 31.9 Å². The van der Waals surface area contributed by atoms with Gasteiger partial charge in [-0.3, -0.25) is 0 Å². The third-order valence-corrected chi connectivity index (χ3v) is 4.25. The van der Waals surface area contributed by atoms with Crippen LogP contribution in [-0.4, -0.2) is 0 Å². The molecule has 0 atom stereocenters. The molecule has 5 heteroatoms. The molecule has 0 amide bonds. The Morgan fingerprint density at radius 1 is 1.14 bits per heavy atom. The first kappa shape index (κ1) is 16.0. The lowest BCUT2D eigenvalue weighted by molar-refractivity contribution is 0.433. The summed E-state index contributed by atoms with van der Waals surface area (Å²) < 4.78 is 21.0. The zero-order chi connectivity index (χ0) is 15.6. The topological polar surface area (TPSA) is 33.0 Å². The predicted molar refractivity (Wildman–Crippen MR) is 87.1 cm³/mol. The third-order valence-electron chi connectivity index (χ3n) is 2.98. The van der Waals surface area contributed by atoms with E-state index in [0.29, 0.717) is 5.75 Å². The summed E-state index contributed by atoms with van der Waals surface area (Å²) in [7, 11) is 0. The number of nitrogens with zero attached hydrogens (tertiary/aromatic N) is 1. The van der Waals surface area contributed by atoms with Crippen molar-refractivity contribution in [2.45, 2.75) is 19.8 Å². The second kappa shape index (κ2) is 6.59. The number of halogens is 3. The minimum atomic E-state index is -0.577. The van der Waals surface area contributed by atoms with Gasteiger partial charge in [-0.15, -0.1) is 0 Å². The first-order valence-electron chi connectivity index (χ1n) is 6.29. The van der Waals surface area contributed by atoms with Crippen LogP contribution in [-0.2, 0) is 0 Å². The third kappa shape index (κ3) is 3.45. The van der Waals surface area contributed by atoms with E-state index < -0.39 is 5.82 Å². The summed E-state index contributed by atoms with van der Waals surface area (Å²) in [4.78, 5) is 0. The SMILES string of the molecule is CC(C)c1cc(Br)ccc1Oc1ccc(C#N)c(Br)c1F. The molecule has 0 N–H and O–H groups in total. The summed E-state index contributed by atoms with van der Waals surface area (Å²) in [5, 5.41) is 8.88. The maximum Gasteiger partial charge on any atom is 0.181 e. The fraction of sp³-hybridized carbons (Fsp3) is 0.188. The molecule has 21 heavy (non-hydrogen) atoms. The lowest BCUT2D eigenvalue weighted by Gasteiger charge is -2.15. The standard InChI is InChI=1S/C16H12Br2FNO/c1-9(2)12-7-11(17)4-6-13(12)21-14-5-3-10(8-20)15(18)16(14)19/h3-7,9H,1-2H3. The molecule has 2 rings (SSSR count). The number of hydrogen-bond donors (Lipinski definition) is 0. The second-order valence-electron chi connectivity index (χ2n) is 4.79. The van der Waals surface area contributed by atoms with E-state index in [1.165, 1.54) is 12.1 Å². The molecule has 0 unspecified atom stereocenters. The van der Waals surface area contributed by atoms with Crippen molar-refractivity contribution in [1.29, 1.82) is 5.26 Å². The Bertz CT molecular complexity index is 723. The molecule has 0 bridgehead atoms. The number of ether oxygens (including phenoxy) is 1. The molecule has 0 radical (unpaired) electrons. The Morgan fingerprint density at radius 3 is 2.43 bits per heavy atom. The van der Waals surface area contributed by atoms with Gasteiger partial charge in [0.2, 0.25) is 0 Å². The van der Waals surface area contributed by atoms with E-state index in [2.05, 4.69) is 31.9 Å². The fourth-order valence-corrected chi connectivity index (χ4v) is 2.67. The minimum Gasteiger partial charge on any atom is -0.454 e. The molecule has 0 aliphatic carbocycles. The van der Waals surface area contributed by atoms with E-state index in [-0.39, 0.29) is 21.7 Å². The summed E-state index contributed by atoms with van der Waals surface area (Å²) in [6, 6.07) is 10.5. The second-order valence-corrected chi connectivity index (χ2v) is 6.50. The summed E-state index contributed by atoms with van der Waals surface area (Å²) in [5.41, 5.74) is 1.21. The van der Waals surface area contributed by atoms with Gasteiger partial charge in [0.1, 0.15) is 11.8 Å². The largest absolute Gasteiger partial charge is 0.454 e. The average Bonchev–Trinajstić information content (AvgIpc) is 2.45. The molecule has 0 aliphatic rings. The Labute approximate surface area is 139 Å². The first-order chi connectivity index (χ1) is 9.93. The van der Waals surface area contributed by atoms with Crippen LogP contribution in [0.4, 0.5) is 4.39 Å². The zero-order valence-corrected chi connectivity index (χ0v) is 14.6. The van der Waals surface area contributed by atoms with E-state index >= 15 is 0 Å². The lowest BCUT2D eigenvalue weighted by atomic mass is 10.0. The van der Waals surface area contributed by atoms with E-state index in [4.69, 9.17) is 10.00 Å². The molecule has 0 saturated carbocycles. The van der Waals surface area contributed by atoms with Crippen molar-refractivity contribution in [3.05, 3.63) is 56.2 Å². The van der Waals surface area contributed by atoms with Gasteiger partial charge >= 0.3 is 0 Å². The zero-order valence-electron chi connectivity index (χ0n) is 11.5. The highest BCUT2D eigenvalue weighted by Gasteiger charge is 2.15. The predicted octanol–water partition coefficient (Wildman–Crippen LogP) is 6.14. The molecule has 0 spiro atoms. The van der Waals surface area contributed by atoms with E-state index in [1.54, 1.807) is 6.07 Å². The molecule has 0 heterocycles. The van der Waals surface area contributed by atoms with Crippen LogP contribution in [0.1, 0.15) is 30.9 Å². The maximum absolute atomic E-state index is 14.2. The highest BCUT2D eigenvalue weighted by Crippen LogP contribution is 2.36.